The Balaban J connectivity index is 4.49. The van der Waals surface area contributed by atoms with Crippen LogP contribution >= 0.6 is 0 Å². The van der Waals surface area contributed by atoms with E-state index in [1.54, 1.807) is 18.7 Å². The molecule has 0 saturated carbocycles. The molecule has 0 heterocycles. The first-order valence-corrected chi connectivity index (χ1v) is 4.87. The lowest BCUT2D eigenvalue weighted by molar-refractivity contribution is -0.136. The lowest BCUT2D eigenvalue weighted by atomic mass is 10.0. The minimum absolute atomic E-state index is 0.0149. The number of nitrogens with zero attached hydrogens (tertiary/aromatic N) is 2. The quantitative estimate of drug-likeness (QED) is 0.642. The second-order valence-electron chi connectivity index (χ2n) is 3.73. The molecule has 0 aromatic carbocycles. The van der Waals surface area contributed by atoms with Crippen LogP contribution in [0.15, 0.2) is 4.99 Å². The number of hydrogen-bond acceptors (Lipinski definition) is 3. The monoisotopic (exact) mass is 200 g/mol. The highest BCUT2D eigenvalue weighted by atomic mass is 16.3. The predicted molar refractivity (Wildman–Crippen MR) is 57.6 cm³/mol. The standard InChI is InChI=1S/C10H20N2O2/c1-5-6-12(7-8-13)9(14)10(2,3)11-4/h13H,4-8H2,1-3H3. The van der Waals surface area contributed by atoms with Crippen molar-refractivity contribution in [1.29, 1.82) is 0 Å². The van der Waals surface area contributed by atoms with Crippen molar-refractivity contribution in [2.24, 2.45) is 4.99 Å². The Morgan fingerprint density at radius 3 is 2.43 bits per heavy atom. The van der Waals surface area contributed by atoms with Crippen molar-refractivity contribution in [3.05, 3.63) is 0 Å². The number of aliphatic hydroxyl groups is 1. The van der Waals surface area contributed by atoms with E-state index in [0.717, 1.165) is 6.42 Å². The van der Waals surface area contributed by atoms with Gasteiger partial charge in [-0.3, -0.25) is 9.79 Å². The highest BCUT2D eigenvalue weighted by Crippen LogP contribution is 2.12. The van der Waals surface area contributed by atoms with Crippen LogP contribution in [0.3, 0.4) is 0 Å². The number of rotatable bonds is 6. The average Bonchev–Trinajstić information content (AvgIpc) is 2.16. The number of hydrogen-bond donors (Lipinski definition) is 1. The summed E-state index contributed by atoms with van der Waals surface area (Å²) in [5, 5.41) is 8.81. The Labute approximate surface area is 85.6 Å². The summed E-state index contributed by atoms with van der Waals surface area (Å²) in [4.78, 5) is 17.3. The topological polar surface area (TPSA) is 52.9 Å². The van der Waals surface area contributed by atoms with Gasteiger partial charge in [0, 0.05) is 13.1 Å². The van der Waals surface area contributed by atoms with Crippen LogP contribution in [0.1, 0.15) is 27.2 Å². The van der Waals surface area contributed by atoms with Gasteiger partial charge < -0.3 is 10.0 Å². The Hall–Kier alpha value is -0.900. The van der Waals surface area contributed by atoms with Gasteiger partial charge in [-0.2, -0.15) is 0 Å². The number of aliphatic hydroxyl groups excluding tert-OH is 1. The van der Waals surface area contributed by atoms with Gasteiger partial charge in [-0.1, -0.05) is 6.92 Å². The fourth-order valence-electron chi connectivity index (χ4n) is 1.16. The summed E-state index contributed by atoms with van der Waals surface area (Å²) in [7, 11) is 0. The van der Waals surface area contributed by atoms with Crippen molar-refractivity contribution in [2.75, 3.05) is 19.7 Å². The Kier molecular flexibility index (Phi) is 5.38. The summed E-state index contributed by atoms with van der Waals surface area (Å²) in [6.45, 7) is 9.84. The van der Waals surface area contributed by atoms with Crippen LogP contribution in [0.5, 0.6) is 0 Å². The van der Waals surface area contributed by atoms with Crippen molar-refractivity contribution >= 4 is 12.6 Å². The number of carbonyl (C=O) groups excluding carboxylic acids is 1. The van der Waals surface area contributed by atoms with E-state index in [2.05, 4.69) is 11.7 Å². The predicted octanol–water partition coefficient (Wildman–Crippen LogP) is 0.697. The minimum Gasteiger partial charge on any atom is -0.395 e. The third kappa shape index (κ3) is 3.46. The zero-order valence-corrected chi connectivity index (χ0v) is 9.29. The molecular formula is C10H20N2O2. The van der Waals surface area contributed by atoms with Gasteiger partial charge in [0.25, 0.3) is 0 Å². The molecule has 0 fully saturated rings. The smallest absolute Gasteiger partial charge is 0.249 e. The van der Waals surface area contributed by atoms with Crippen molar-refractivity contribution < 1.29 is 9.90 Å². The third-order valence-corrected chi connectivity index (χ3v) is 2.07. The molecule has 0 bridgehead atoms. The SMILES string of the molecule is C=NC(C)(C)C(=O)N(CCC)CCO. The summed E-state index contributed by atoms with van der Waals surface area (Å²) >= 11 is 0. The van der Waals surface area contributed by atoms with Crippen LogP contribution in [0.4, 0.5) is 0 Å². The normalized spacial score (nSPS) is 11.1. The average molecular weight is 200 g/mol. The van der Waals surface area contributed by atoms with Gasteiger partial charge in [-0.15, -0.1) is 0 Å². The van der Waals surface area contributed by atoms with Gasteiger partial charge >= 0.3 is 0 Å². The molecule has 0 aliphatic rings. The van der Waals surface area contributed by atoms with Gasteiger partial charge in [0.15, 0.2) is 0 Å². The number of aliphatic imine (C=N–C) groups is 1. The van der Waals surface area contributed by atoms with E-state index in [0.29, 0.717) is 13.1 Å². The molecule has 0 radical (unpaired) electrons. The molecule has 0 atom stereocenters. The molecule has 0 aliphatic carbocycles. The minimum atomic E-state index is -0.787. The maximum Gasteiger partial charge on any atom is 0.249 e. The van der Waals surface area contributed by atoms with E-state index in [1.165, 1.54) is 0 Å². The second kappa shape index (κ2) is 5.75. The van der Waals surface area contributed by atoms with Crippen LogP contribution in [0, 0.1) is 0 Å². The molecule has 4 nitrogen and oxygen atoms in total. The first-order valence-electron chi connectivity index (χ1n) is 4.87. The third-order valence-electron chi connectivity index (χ3n) is 2.07. The van der Waals surface area contributed by atoms with E-state index >= 15 is 0 Å². The Bertz CT molecular complexity index is 196. The molecule has 14 heavy (non-hydrogen) atoms. The van der Waals surface area contributed by atoms with Crippen LogP contribution < -0.4 is 0 Å². The van der Waals surface area contributed by atoms with Crippen LogP contribution in [-0.4, -0.2) is 47.9 Å². The van der Waals surface area contributed by atoms with Crippen LogP contribution in [0.2, 0.25) is 0 Å². The molecule has 1 amide bonds. The highest BCUT2D eigenvalue weighted by Gasteiger charge is 2.29. The molecule has 0 spiro atoms. The first kappa shape index (κ1) is 13.1. The Morgan fingerprint density at radius 1 is 1.50 bits per heavy atom. The summed E-state index contributed by atoms with van der Waals surface area (Å²) in [5.41, 5.74) is -0.787. The number of amides is 1. The maximum atomic E-state index is 11.9. The van der Waals surface area contributed by atoms with E-state index in [9.17, 15) is 4.79 Å². The first-order chi connectivity index (χ1) is 6.49. The molecule has 0 aromatic rings. The van der Waals surface area contributed by atoms with Gasteiger partial charge in [0.1, 0.15) is 5.54 Å². The summed E-state index contributed by atoms with van der Waals surface area (Å²) in [5.74, 6) is -0.0802. The molecule has 4 heteroatoms. The summed E-state index contributed by atoms with van der Waals surface area (Å²) < 4.78 is 0. The van der Waals surface area contributed by atoms with Crippen LogP contribution in [0.25, 0.3) is 0 Å². The van der Waals surface area contributed by atoms with E-state index in [4.69, 9.17) is 5.11 Å². The van der Waals surface area contributed by atoms with Gasteiger partial charge in [-0.05, 0) is 27.0 Å². The number of carbonyl (C=O) groups is 1. The second-order valence-corrected chi connectivity index (χ2v) is 3.73. The lowest BCUT2D eigenvalue weighted by Gasteiger charge is -2.28. The van der Waals surface area contributed by atoms with Gasteiger partial charge in [-0.25, -0.2) is 0 Å². The van der Waals surface area contributed by atoms with E-state index < -0.39 is 5.54 Å². The molecule has 0 aromatic heterocycles. The lowest BCUT2D eigenvalue weighted by Crippen LogP contribution is -2.45. The highest BCUT2D eigenvalue weighted by molar-refractivity contribution is 5.86. The molecule has 0 rings (SSSR count). The fourth-order valence-corrected chi connectivity index (χ4v) is 1.16. The molecule has 1 N–H and O–H groups in total. The molecule has 0 aliphatic heterocycles. The Morgan fingerprint density at radius 2 is 2.07 bits per heavy atom. The maximum absolute atomic E-state index is 11.9. The van der Waals surface area contributed by atoms with Crippen molar-refractivity contribution in [2.45, 2.75) is 32.7 Å². The van der Waals surface area contributed by atoms with Crippen molar-refractivity contribution in [1.82, 2.24) is 4.90 Å². The fraction of sp³-hybridized carbons (Fsp3) is 0.800. The molecule has 0 saturated heterocycles. The van der Waals surface area contributed by atoms with Gasteiger partial charge in [0.05, 0.1) is 6.61 Å². The summed E-state index contributed by atoms with van der Waals surface area (Å²) in [6, 6.07) is 0. The molecule has 0 unspecified atom stereocenters. The van der Waals surface area contributed by atoms with Crippen LogP contribution in [-0.2, 0) is 4.79 Å². The molecule has 82 valence electrons. The van der Waals surface area contributed by atoms with Crippen molar-refractivity contribution in [3.8, 4) is 0 Å². The largest absolute Gasteiger partial charge is 0.395 e. The van der Waals surface area contributed by atoms with E-state index in [-0.39, 0.29) is 12.5 Å². The zero-order valence-electron chi connectivity index (χ0n) is 9.29. The molecular weight excluding hydrogens is 180 g/mol. The van der Waals surface area contributed by atoms with Crippen molar-refractivity contribution in [3.63, 3.8) is 0 Å². The zero-order chi connectivity index (χ0) is 11.2. The summed E-state index contributed by atoms with van der Waals surface area (Å²) in [6.07, 6.45) is 0.874. The van der Waals surface area contributed by atoms with Gasteiger partial charge in [0.2, 0.25) is 5.91 Å². The van der Waals surface area contributed by atoms with E-state index in [1.807, 2.05) is 6.92 Å².